The minimum absolute atomic E-state index is 0.0163. The van der Waals surface area contributed by atoms with E-state index in [1.807, 2.05) is 28.0 Å². The molecular weight excluding hydrogens is 566 g/mol. The molecule has 1 fully saturated rings. The Morgan fingerprint density at radius 3 is 2.31 bits per heavy atom. The van der Waals surface area contributed by atoms with Gasteiger partial charge in [-0.15, -0.1) is 0 Å². The van der Waals surface area contributed by atoms with Crippen LogP contribution in [0.2, 0.25) is 0 Å². The van der Waals surface area contributed by atoms with Crippen LogP contribution in [0.1, 0.15) is 5.56 Å². The lowest BCUT2D eigenvalue weighted by Crippen LogP contribution is -2.49. The van der Waals surface area contributed by atoms with Gasteiger partial charge in [0.2, 0.25) is 10.0 Å². The number of rotatable bonds is 9. The summed E-state index contributed by atoms with van der Waals surface area (Å²) in [4.78, 5) is 19.2. The van der Waals surface area contributed by atoms with Crippen molar-refractivity contribution in [2.45, 2.75) is 11.8 Å². The molecule has 0 bridgehead atoms. The van der Waals surface area contributed by atoms with E-state index >= 15 is 0 Å². The molecule has 0 radical (unpaired) electrons. The molecule has 1 saturated heterocycles. The number of benzene rings is 1. The molecule has 32 heavy (non-hydrogen) atoms. The molecule has 0 saturated carbocycles. The van der Waals surface area contributed by atoms with Crippen molar-refractivity contribution in [1.29, 1.82) is 0 Å². The number of anilines is 2. The van der Waals surface area contributed by atoms with Crippen molar-refractivity contribution in [3.63, 3.8) is 0 Å². The first kappa shape index (κ1) is 24.9. The van der Waals surface area contributed by atoms with E-state index in [4.69, 9.17) is 0 Å². The Hall–Kier alpha value is -1.76. The number of piperazine rings is 1. The highest BCUT2D eigenvalue weighted by atomic mass is 79.9. The fourth-order valence-corrected chi connectivity index (χ4v) is 6.40. The van der Waals surface area contributed by atoms with Crippen molar-refractivity contribution in [2.24, 2.45) is 0 Å². The topological polar surface area (TPSA) is 99.9 Å². The third-order valence-corrected chi connectivity index (χ3v) is 7.94. The summed E-state index contributed by atoms with van der Waals surface area (Å²) in [6.45, 7) is 4.39. The number of alkyl halides is 2. The van der Waals surface area contributed by atoms with Gasteiger partial charge in [0.1, 0.15) is 10.7 Å². The Morgan fingerprint density at radius 2 is 1.78 bits per heavy atom. The fraction of sp³-hybridized carbons (Fsp3) is 0.450. The minimum atomic E-state index is -3.95. The molecule has 2 heterocycles. The molecule has 0 spiro atoms. The molecule has 0 atom stereocenters. The highest BCUT2D eigenvalue weighted by molar-refractivity contribution is 9.09. The van der Waals surface area contributed by atoms with Crippen molar-refractivity contribution in [3.05, 3.63) is 52.2 Å². The number of non-ortho nitro benzene ring substituents is 1. The van der Waals surface area contributed by atoms with Gasteiger partial charge in [0, 0.05) is 68.3 Å². The first-order valence-electron chi connectivity index (χ1n) is 10.1. The molecule has 3 rings (SSSR count). The number of nitro groups is 1. The summed E-state index contributed by atoms with van der Waals surface area (Å²) in [5.74, 6) is 0.803. The molecule has 2 aromatic rings. The zero-order valence-corrected chi connectivity index (χ0v) is 21.6. The number of aryl methyl sites for hydroxylation is 1. The number of halogens is 2. The maximum atomic E-state index is 13.7. The van der Waals surface area contributed by atoms with Crippen molar-refractivity contribution >= 4 is 59.1 Å². The average Bonchev–Trinajstić information content (AvgIpc) is 2.79. The van der Waals surface area contributed by atoms with Crippen LogP contribution in [0.4, 0.5) is 17.2 Å². The lowest BCUT2D eigenvalue weighted by Gasteiger charge is -2.36. The number of hydrogen-bond donors (Lipinski definition) is 0. The van der Waals surface area contributed by atoms with Gasteiger partial charge in [-0.1, -0.05) is 37.9 Å². The van der Waals surface area contributed by atoms with Crippen LogP contribution < -0.4 is 9.80 Å². The van der Waals surface area contributed by atoms with Gasteiger partial charge in [-0.2, -0.15) is 4.31 Å². The lowest BCUT2D eigenvalue weighted by atomic mass is 10.1. The Labute approximate surface area is 204 Å². The van der Waals surface area contributed by atoms with Crippen molar-refractivity contribution < 1.29 is 13.3 Å². The van der Waals surface area contributed by atoms with Crippen LogP contribution in [0.3, 0.4) is 0 Å². The highest BCUT2D eigenvalue weighted by Crippen LogP contribution is 2.35. The largest absolute Gasteiger partial charge is 0.369 e. The summed E-state index contributed by atoms with van der Waals surface area (Å²) >= 11 is 6.85. The molecule has 1 aromatic carbocycles. The standard InChI is InChI=1S/C20H25Br2N5O4S/c1-16-14-17(27(28)29)15-18(20(16)25(8-5-21)9-6-22)32(30,31)26-12-10-24(11-13-26)19-4-2-3-7-23-19/h2-4,7,14-15H,5-6,8-13H2,1H3. The van der Waals surface area contributed by atoms with E-state index in [0.717, 1.165) is 5.82 Å². The van der Waals surface area contributed by atoms with Gasteiger partial charge in [0.05, 0.1) is 10.6 Å². The molecule has 12 heteroatoms. The van der Waals surface area contributed by atoms with E-state index in [1.54, 1.807) is 13.1 Å². The molecule has 0 aliphatic carbocycles. The van der Waals surface area contributed by atoms with E-state index in [-0.39, 0.29) is 23.7 Å². The minimum Gasteiger partial charge on any atom is -0.369 e. The molecule has 0 amide bonds. The van der Waals surface area contributed by atoms with Crippen LogP contribution in [0.25, 0.3) is 0 Å². The number of nitrogens with zero attached hydrogens (tertiary/aromatic N) is 5. The molecule has 0 N–H and O–H groups in total. The molecule has 1 aromatic heterocycles. The van der Waals surface area contributed by atoms with Crippen LogP contribution in [0.15, 0.2) is 41.4 Å². The van der Waals surface area contributed by atoms with Gasteiger partial charge in [-0.05, 0) is 24.6 Å². The monoisotopic (exact) mass is 589 g/mol. The molecule has 1 aliphatic heterocycles. The van der Waals surface area contributed by atoms with Gasteiger partial charge in [0.15, 0.2) is 0 Å². The predicted molar refractivity (Wildman–Crippen MR) is 133 cm³/mol. The summed E-state index contributed by atoms with van der Waals surface area (Å²) in [5.41, 5.74) is 0.850. The van der Waals surface area contributed by atoms with Crippen LogP contribution in [-0.4, -0.2) is 72.6 Å². The highest BCUT2D eigenvalue weighted by Gasteiger charge is 2.34. The second-order valence-electron chi connectivity index (χ2n) is 7.31. The van der Waals surface area contributed by atoms with Crippen LogP contribution >= 0.6 is 31.9 Å². The van der Waals surface area contributed by atoms with Crippen molar-refractivity contribution in [2.75, 3.05) is 59.7 Å². The van der Waals surface area contributed by atoms with Gasteiger partial charge in [-0.3, -0.25) is 10.1 Å². The average molecular weight is 591 g/mol. The number of hydrogen-bond acceptors (Lipinski definition) is 7. The summed E-state index contributed by atoms with van der Waals surface area (Å²) in [6.07, 6.45) is 1.71. The summed E-state index contributed by atoms with van der Waals surface area (Å²) in [5, 5.41) is 12.8. The van der Waals surface area contributed by atoms with E-state index < -0.39 is 14.9 Å². The number of nitro benzene ring substituents is 1. The molecule has 0 unspecified atom stereocenters. The first-order valence-corrected chi connectivity index (χ1v) is 13.8. The van der Waals surface area contributed by atoms with Crippen LogP contribution in [0, 0.1) is 17.0 Å². The van der Waals surface area contributed by atoms with Crippen LogP contribution in [0.5, 0.6) is 0 Å². The van der Waals surface area contributed by atoms with Crippen molar-refractivity contribution in [1.82, 2.24) is 9.29 Å². The van der Waals surface area contributed by atoms with E-state index in [1.165, 1.54) is 16.4 Å². The second kappa shape index (κ2) is 10.9. The Kier molecular flexibility index (Phi) is 8.48. The van der Waals surface area contributed by atoms with E-state index in [0.29, 0.717) is 48.1 Å². The smallest absolute Gasteiger partial charge is 0.271 e. The van der Waals surface area contributed by atoms with E-state index in [9.17, 15) is 18.5 Å². The van der Waals surface area contributed by atoms with Gasteiger partial charge >= 0.3 is 0 Å². The molecule has 9 nitrogen and oxygen atoms in total. The lowest BCUT2D eigenvalue weighted by molar-refractivity contribution is -0.385. The molecular formula is C20H25Br2N5O4S. The van der Waals surface area contributed by atoms with Crippen molar-refractivity contribution in [3.8, 4) is 0 Å². The quantitative estimate of drug-likeness (QED) is 0.251. The van der Waals surface area contributed by atoms with Gasteiger partial charge in [-0.25, -0.2) is 13.4 Å². The summed E-state index contributed by atoms with van der Waals surface area (Å²) in [7, 11) is -3.95. The Bertz CT molecular complexity index is 1040. The Balaban J connectivity index is 1.98. The second-order valence-corrected chi connectivity index (χ2v) is 10.8. The van der Waals surface area contributed by atoms with Gasteiger partial charge < -0.3 is 9.80 Å². The summed E-state index contributed by atoms with van der Waals surface area (Å²) < 4.78 is 28.8. The Morgan fingerprint density at radius 1 is 1.12 bits per heavy atom. The predicted octanol–water partition coefficient (Wildman–Crippen LogP) is 3.41. The van der Waals surface area contributed by atoms with Crippen LogP contribution in [-0.2, 0) is 10.0 Å². The number of aromatic nitrogens is 1. The third-order valence-electron chi connectivity index (χ3n) is 5.32. The fourth-order valence-electron chi connectivity index (χ4n) is 3.81. The number of sulfonamides is 1. The first-order chi connectivity index (χ1) is 15.3. The molecule has 174 valence electrons. The maximum absolute atomic E-state index is 13.7. The zero-order valence-electron chi connectivity index (χ0n) is 17.7. The van der Waals surface area contributed by atoms with Gasteiger partial charge in [0.25, 0.3) is 5.69 Å². The summed E-state index contributed by atoms with van der Waals surface area (Å²) in [6, 6.07) is 8.25. The number of pyridine rings is 1. The SMILES string of the molecule is Cc1cc([N+](=O)[O-])cc(S(=O)(=O)N2CCN(c3ccccn3)CC2)c1N(CCBr)CCBr. The zero-order chi connectivity index (χ0) is 23.3. The molecule has 1 aliphatic rings. The van der Waals surface area contributed by atoms with E-state index in [2.05, 4.69) is 36.8 Å². The third kappa shape index (κ3) is 5.41. The normalized spacial score (nSPS) is 15.0. The maximum Gasteiger partial charge on any atom is 0.271 e.